The van der Waals surface area contributed by atoms with Crippen LogP contribution in [0.15, 0.2) is 12.4 Å². The smallest absolute Gasteiger partial charge is 0.223 e. The van der Waals surface area contributed by atoms with Gasteiger partial charge in [0.15, 0.2) is 5.13 Å². The number of likely N-dealkylation sites (tertiary alicyclic amines) is 1. The van der Waals surface area contributed by atoms with E-state index in [4.69, 9.17) is 0 Å². The van der Waals surface area contributed by atoms with Gasteiger partial charge in [0.05, 0.1) is 22.5 Å². The Labute approximate surface area is 152 Å². The van der Waals surface area contributed by atoms with Crippen molar-refractivity contribution in [3.8, 4) is 10.6 Å². The van der Waals surface area contributed by atoms with Gasteiger partial charge in [-0.2, -0.15) is 0 Å². The summed E-state index contributed by atoms with van der Waals surface area (Å²) in [7, 11) is 0. The van der Waals surface area contributed by atoms with Gasteiger partial charge in [0, 0.05) is 25.7 Å². The summed E-state index contributed by atoms with van der Waals surface area (Å²) in [4.78, 5) is 28.2. The molecule has 0 bridgehead atoms. The second-order valence-corrected chi connectivity index (χ2v) is 7.95. The number of carbonyl (C=O) groups is 1. The summed E-state index contributed by atoms with van der Waals surface area (Å²) >= 11 is 1.43. The van der Waals surface area contributed by atoms with Gasteiger partial charge in [-0.1, -0.05) is 11.3 Å². The van der Waals surface area contributed by atoms with Crippen LogP contribution in [-0.2, 0) is 11.2 Å². The van der Waals surface area contributed by atoms with Gasteiger partial charge in [0.2, 0.25) is 5.91 Å². The number of nitrogens with zero attached hydrogens (tertiary/aromatic N) is 4. The topological polar surface area (TPSA) is 71.0 Å². The molecule has 3 rings (SSSR count). The quantitative estimate of drug-likeness (QED) is 0.888. The zero-order valence-corrected chi connectivity index (χ0v) is 16.1. The number of carbonyl (C=O) groups excluding carboxylic acids is 1. The molecule has 0 aliphatic carbocycles. The molecule has 1 amide bonds. The van der Waals surface area contributed by atoms with Gasteiger partial charge in [-0.05, 0) is 46.1 Å². The molecule has 2 aromatic heterocycles. The van der Waals surface area contributed by atoms with E-state index >= 15 is 0 Å². The van der Waals surface area contributed by atoms with Crippen LogP contribution in [0.1, 0.15) is 38.6 Å². The molecular weight excluding hydrogens is 334 g/mol. The second-order valence-electron chi connectivity index (χ2n) is 6.96. The van der Waals surface area contributed by atoms with Gasteiger partial charge in [-0.25, -0.2) is 4.98 Å². The Bertz CT molecular complexity index is 740. The third-order valence-corrected chi connectivity index (χ3v) is 5.66. The predicted molar refractivity (Wildman–Crippen MR) is 101 cm³/mol. The molecule has 0 radical (unpaired) electrons. The molecule has 1 aliphatic heterocycles. The van der Waals surface area contributed by atoms with Gasteiger partial charge in [0.1, 0.15) is 5.69 Å². The molecule has 2 aromatic rings. The van der Waals surface area contributed by atoms with Crippen molar-refractivity contribution >= 4 is 22.4 Å². The number of rotatable bonds is 5. The van der Waals surface area contributed by atoms with Gasteiger partial charge in [-0.3, -0.25) is 14.8 Å². The van der Waals surface area contributed by atoms with Crippen LogP contribution >= 0.6 is 11.3 Å². The highest BCUT2D eigenvalue weighted by Crippen LogP contribution is 2.31. The molecule has 25 heavy (non-hydrogen) atoms. The van der Waals surface area contributed by atoms with E-state index in [1.54, 1.807) is 0 Å². The molecule has 0 saturated carbocycles. The Morgan fingerprint density at radius 2 is 2.20 bits per heavy atom. The van der Waals surface area contributed by atoms with Crippen molar-refractivity contribution in [3.63, 3.8) is 0 Å². The summed E-state index contributed by atoms with van der Waals surface area (Å²) in [5.74, 6) is 0.549. The van der Waals surface area contributed by atoms with Crippen LogP contribution in [0.25, 0.3) is 10.6 Å². The summed E-state index contributed by atoms with van der Waals surface area (Å²) in [6.45, 7) is 10.2. The van der Waals surface area contributed by atoms with Crippen molar-refractivity contribution in [1.82, 2.24) is 19.9 Å². The lowest BCUT2D eigenvalue weighted by atomic mass is 10.0. The van der Waals surface area contributed by atoms with E-state index in [2.05, 4.69) is 39.0 Å². The highest BCUT2D eigenvalue weighted by atomic mass is 32.1. The first-order chi connectivity index (χ1) is 11.9. The molecule has 134 valence electrons. The number of nitrogens with one attached hydrogen (secondary N) is 1. The minimum atomic E-state index is -0.117. The number of hydrogen-bond acceptors (Lipinski definition) is 6. The van der Waals surface area contributed by atoms with E-state index in [0.717, 1.165) is 34.9 Å². The van der Waals surface area contributed by atoms with E-state index in [1.165, 1.54) is 31.2 Å². The van der Waals surface area contributed by atoms with Crippen LogP contribution in [0.3, 0.4) is 0 Å². The lowest BCUT2D eigenvalue weighted by Crippen LogP contribution is -2.28. The summed E-state index contributed by atoms with van der Waals surface area (Å²) in [5.41, 5.74) is 2.72. The lowest BCUT2D eigenvalue weighted by Gasteiger charge is -2.20. The van der Waals surface area contributed by atoms with Crippen molar-refractivity contribution in [1.29, 1.82) is 0 Å². The molecule has 1 unspecified atom stereocenters. The summed E-state index contributed by atoms with van der Waals surface area (Å²) < 4.78 is 0. The Hall–Kier alpha value is -1.86. The number of aromatic nitrogens is 3. The van der Waals surface area contributed by atoms with Crippen molar-refractivity contribution in [2.45, 2.75) is 46.6 Å². The first-order valence-electron chi connectivity index (χ1n) is 8.72. The molecule has 0 aromatic carbocycles. The maximum atomic E-state index is 11.2. The molecule has 7 heteroatoms. The van der Waals surface area contributed by atoms with E-state index in [1.807, 2.05) is 19.3 Å². The minimum Gasteiger partial charge on any atom is -0.302 e. The molecule has 1 N–H and O–H groups in total. The SMILES string of the molecule is CC(=O)Nc1nc(C)c(-c2cnc(CC3CCN(C(C)C)C3)cn2)s1. The number of aryl methyl sites for hydroxylation is 1. The van der Waals surface area contributed by atoms with E-state index in [0.29, 0.717) is 17.1 Å². The van der Waals surface area contributed by atoms with Crippen molar-refractivity contribution < 1.29 is 4.79 Å². The maximum Gasteiger partial charge on any atom is 0.223 e. The Balaban J connectivity index is 1.66. The van der Waals surface area contributed by atoms with Gasteiger partial charge in [0.25, 0.3) is 0 Å². The fraction of sp³-hybridized carbons (Fsp3) is 0.556. The summed E-state index contributed by atoms with van der Waals surface area (Å²) in [6.07, 6.45) is 5.91. The summed E-state index contributed by atoms with van der Waals surface area (Å²) in [6, 6.07) is 0.616. The highest BCUT2D eigenvalue weighted by Gasteiger charge is 2.24. The fourth-order valence-corrected chi connectivity index (χ4v) is 4.18. The zero-order chi connectivity index (χ0) is 18.0. The number of anilines is 1. The average Bonchev–Trinajstić information content (AvgIpc) is 3.14. The second kappa shape index (κ2) is 7.58. The number of amides is 1. The molecule has 1 fully saturated rings. The molecule has 1 atom stereocenters. The van der Waals surface area contributed by atoms with Crippen molar-refractivity contribution in [2.24, 2.45) is 5.92 Å². The third-order valence-electron chi connectivity index (χ3n) is 4.56. The molecular formula is C18H25N5OS. The third kappa shape index (κ3) is 4.41. The first-order valence-corrected chi connectivity index (χ1v) is 9.54. The van der Waals surface area contributed by atoms with Crippen LogP contribution in [0, 0.1) is 12.8 Å². The van der Waals surface area contributed by atoms with Crippen LogP contribution in [0.4, 0.5) is 5.13 Å². The molecule has 3 heterocycles. The Kier molecular flexibility index (Phi) is 5.44. The van der Waals surface area contributed by atoms with E-state index in [9.17, 15) is 4.79 Å². The molecule has 6 nitrogen and oxygen atoms in total. The Morgan fingerprint density at radius 3 is 2.80 bits per heavy atom. The van der Waals surface area contributed by atoms with E-state index in [-0.39, 0.29) is 5.91 Å². The highest BCUT2D eigenvalue weighted by molar-refractivity contribution is 7.19. The lowest BCUT2D eigenvalue weighted by molar-refractivity contribution is -0.114. The molecule has 1 saturated heterocycles. The fourth-order valence-electron chi connectivity index (χ4n) is 3.21. The van der Waals surface area contributed by atoms with E-state index < -0.39 is 0 Å². The maximum absolute atomic E-state index is 11.2. The molecule has 1 aliphatic rings. The Morgan fingerprint density at radius 1 is 1.40 bits per heavy atom. The molecule has 0 spiro atoms. The average molecular weight is 359 g/mol. The van der Waals surface area contributed by atoms with Crippen LogP contribution in [0.2, 0.25) is 0 Å². The standard InChI is InChI=1S/C18H25N5OS/c1-11(2)23-6-5-14(10-23)7-15-8-20-16(9-19-15)17-12(3)21-18(25-17)22-13(4)24/h8-9,11,14H,5-7,10H2,1-4H3,(H,21,22,24). The van der Waals surface area contributed by atoms with Gasteiger partial charge >= 0.3 is 0 Å². The predicted octanol–water partition coefficient (Wildman–Crippen LogP) is 3.14. The number of thiazole rings is 1. The normalized spacial score (nSPS) is 18.0. The largest absolute Gasteiger partial charge is 0.302 e. The summed E-state index contributed by atoms with van der Waals surface area (Å²) in [5, 5.41) is 3.33. The van der Waals surface area contributed by atoms with Crippen LogP contribution in [-0.4, -0.2) is 44.9 Å². The van der Waals surface area contributed by atoms with Crippen LogP contribution < -0.4 is 5.32 Å². The van der Waals surface area contributed by atoms with Crippen molar-refractivity contribution in [3.05, 3.63) is 23.8 Å². The van der Waals surface area contributed by atoms with Crippen molar-refractivity contribution in [2.75, 3.05) is 18.4 Å². The van der Waals surface area contributed by atoms with Gasteiger partial charge in [-0.15, -0.1) is 0 Å². The van der Waals surface area contributed by atoms with Gasteiger partial charge < -0.3 is 10.2 Å². The zero-order valence-electron chi connectivity index (χ0n) is 15.2. The first kappa shape index (κ1) is 17.9. The minimum absolute atomic E-state index is 0.117. The van der Waals surface area contributed by atoms with Crippen LogP contribution in [0.5, 0.6) is 0 Å². The number of hydrogen-bond donors (Lipinski definition) is 1. The monoisotopic (exact) mass is 359 g/mol.